The van der Waals surface area contributed by atoms with E-state index in [1.165, 1.54) is 25.7 Å². The third kappa shape index (κ3) is 3.16. The molecule has 1 aliphatic carbocycles. The lowest BCUT2D eigenvalue weighted by molar-refractivity contribution is -0.136. The zero-order chi connectivity index (χ0) is 20.0. The average Bonchev–Trinajstić information content (AvgIpc) is 3.35. The van der Waals surface area contributed by atoms with Crippen LogP contribution < -0.4 is 16.0 Å². The van der Waals surface area contributed by atoms with Gasteiger partial charge in [0.05, 0.1) is 0 Å². The van der Waals surface area contributed by atoms with Crippen molar-refractivity contribution in [3.63, 3.8) is 0 Å². The Labute approximate surface area is 170 Å². The van der Waals surface area contributed by atoms with Crippen molar-refractivity contribution in [2.45, 2.75) is 63.7 Å². The van der Waals surface area contributed by atoms with Crippen LogP contribution in [0.5, 0.6) is 0 Å². The molecule has 0 aromatic heterocycles. The maximum absolute atomic E-state index is 13.2. The molecule has 3 N–H and O–H groups in total. The first-order valence-electron chi connectivity index (χ1n) is 10.8. The number of nitrogens with zero attached hydrogens (tertiary/aromatic N) is 1. The Morgan fingerprint density at radius 3 is 2.93 bits per heavy atom. The predicted molar refractivity (Wildman–Crippen MR) is 107 cm³/mol. The van der Waals surface area contributed by atoms with Crippen molar-refractivity contribution in [3.05, 3.63) is 34.9 Å². The minimum atomic E-state index is -0.559. The second-order valence-corrected chi connectivity index (χ2v) is 8.97. The van der Waals surface area contributed by atoms with Crippen LogP contribution in [0.2, 0.25) is 0 Å². The van der Waals surface area contributed by atoms with E-state index < -0.39 is 6.04 Å². The lowest BCUT2D eigenvalue weighted by Gasteiger charge is -2.29. The van der Waals surface area contributed by atoms with Gasteiger partial charge >= 0.3 is 0 Å². The van der Waals surface area contributed by atoms with Gasteiger partial charge in [0.1, 0.15) is 6.04 Å². The molecule has 154 valence electrons. The molecule has 3 aliphatic heterocycles. The van der Waals surface area contributed by atoms with E-state index in [4.69, 9.17) is 0 Å². The van der Waals surface area contributed by atoms with E-state index in [0.29, 0.717) is 31.0 Å². The fraction of sp³-hybridized carbons (Fsp3) is 0.591. The Balaban J connectivity index is 1.29. The van der Waals surface area contributed by atoms with Gasteiger partial charge in [-0.3, -0.25) is 19.7 Å². The van der Waals surface area contributed by atoms with Crippen molar-refractivity contribution < 1.29 is 14.4 Å². The summed E-state index contributed by atoms with van der Waals surface area (Å²) in [6.07, 6.45) is 5.73. The van der Waals surface area contributed by atoms with Crippen molar-refractivity contribution in [2.24, 2.45) is 5.41 Å². The highest BCUT2D eigenvalue weighted by Gasteiger charge is 2.45. The fourth-order valence-electron chi connectivity index (χ4n) is 5.84. The number of carbonyl (C=O) groups excluding carboxylic acids is 3. The lowest BCUT2D eigenvalue weighted by atomic mass is 9.82. The van der Waals surface area contributed by atoms with Crippen LogP contribution in [0.15, 0.2) is 18.2 Å². The minimum absolute atomic E-state index is 0.0914. The molecular weight excluding hydrogens is 368 g/mol. The Morgan fingerprint density at radius 2 is 2.07 bits per heavy atom. The monoisotopic (exact) mass is 396 g/mol. The van der Waals surface area contributed by atoms with Crippen molar-refractivity contribution in [2.75, 3.05) is 13.1 Å². The molecule has 2 saturated heterocycles. The van der Waals surface area contributed by atoms with E-state index in [1.54, 1.807) is 4.90 Å². The molecule has 3 heterocycles. The van der Waals surface area contributed by atoms with Gasteiger partial charge in [-0.2, -0.15) is 0 Å². The maximum Gasteiger partial charge on any atom is 0.255 e. The normalized spacial score (nSPS) is 31.2. The molecule has 1 saturated carbocycles. The van der Waals surface area contributed by atoms with Gasteiger partial charge in [0.2, 0.25) is 11.8 Å². The van der Waals surface area contributed by atoms with Crippen molar-refractivity contribution in [3.8, 4) is 0 Å². The highest BCUT2D eigenvalue weighted by molar-refractivity contribution is 6.05. The summed E-state index contributed by atoms with van der Waals surface area (Å²) in [4.78, 5) is 38.5. The van der Waals surface area contributed by atoms with Gasteiger partial charge in [0.25, 0.3) is 5.91 Å². The summed E-state index contributed by atoms with van der Waals surface area (Å²) in [6.45, 7) is 3.17. The first-order chi connectivity index (χ1) is 14.1. The van der Waals surface area contributed by atoms with Crippen LogP contribution in [0.3, 0.4) is 0 Å². The van der Waals surface area contributed by atoms with Gasteiger partial charge in [-0.15, -0.1) is 0 Å². The zero-order valence-corrected chi connectivity index (χ0v) is 16.6. The molecule has 0 radical (unpaired) electrons. The minimum Gasteiger partial charge on any atom is -0.322 e. The molecule has 3 fully saturated rings. The van der Waals surface area contributed by atoms with E-state index in [9.17, 15) is 14.4 Å². The van der Waals surface area contributed by atoms with Gasteiger partial charge in [0, 0.05) is 37.7 Å². The third-order valence-corrected chi connectivity index (χ3v) is 7.35. The number of amides is 3. The predicted octanol–water partition coefficient (Wildman–Crippen LogP) is 1.07. The molecule has 0 spiro atoms. The van der Waals surface area contributed by atoms with Crippen molar-refractivity contribution in [1.29, 1.82) is 0 Å². The number of hydrogen-bond acceptors (Lipinski definition) is 5. The molecule has 1 aromatic rings. The lowest BCUT2D eigenvalue weighted by Crippen LogP contribution is -2.52. The molecule has 1 unspecified atom stereocenters. The number of piperidine rings is 1. The summed E-state index contributed by atoms with van der Waals surface area (Å²) in [5.74, 6) is -0.708. The molecule has 4 aliphatic rings. The number of imide groups is 1. The summed E-state index contributed by atoms with van der Waals surface area (Å²) in [7, 11) is 0. The van der Waals surface area contributed by atoms with Gasteiger partial charge in [-0.25, -0.2) is 0 Å². The molecule has 0 bridgehead atoms. The number of rotatable bonds is 5. The van der Waals surface area contributed by atoms with Crippen LogP contribution in [-0.4, -0.2) is 47.8 Å². The smallest absolute Gasteiger partial charge is 0.255 e. The molecule has 3 amide bonds. The number of benzene rings is 1. The Kier molecular flexibility index (Phi) is 4.67. The third-order valence-electron chi connectivity index (χ3n) is 7.35. The van der Waals surface area contributed by atoms with Crippen LogP contribution in [0.25, 0.3) is 0 Å². The molecule has 1 aromatic carbocycles. The van der Waals surface area contributed by atoms with E-state index in [1.807, 2.05) is 18.2 Å². The highest BCUT2D eigenvalue weighted by atomic mass is 16.2. The van der Waals surface area contributed by atoms with Crippen molar-refractivity contribution >= 4 is 17.7 Å². The van der Waals surface area contributed by atoms with Gasteiger partial charge in [-0.1, -0.05) is 24.6 Å². The number of carbonyl (C=O) groups is 3. The largest absolute Gasteiger partial charge is 0.322 e. The Hall–Kier alpha value is -2.25. The first-order valence-corrected chi connectivity index (χ1v) is 10.8. The second kappa shape index (κ2) is 7.22. The van der Waals surface area contributed by atoms with Crippen LogP contribution in [0, 0.1) is 5.41 Å². The molecule has 7 nitrogen and oxygen atoms in total. The van der Waals surface area contributed by atoms with E-state index in [0.717, 1.165) is 29.8 Å². The van der Waals surface area contributed by atoms with Crippen LogP contribution in [0.1, 0.15) is 60.0 Å². The maximum atomic E-state index is 13.2. The van der Waals surface area contributed by atoms with Crippen molar-refractivity contribution in [1.82, 2.24) is 20.9 Å². The van der Waals surface area contributed by atoms with Gasteiger partial charge in [0.15, 0.2) is 0 Å². The second-order valence-electron chi connectivity index (χ2n) is 8.97. The molecule has 3 atom stereocenters. The topological polar surface area (TPSA) is 90.5 Å². The number of nitrogens with one attached hydrogen (secondary N) is 3. The first kappa shape index (κ1) is 18.8. The Bertz CT molecular complexity index is 858. The van der Waals surface area contributed by atoms with Crippen LogP contribution in [0.4, 0.5) is 0 Å². The number of hydrogen-bond donors (Lipinski definition) is 3. The highest BCUT2D eigenvalue weighted by Crippen LogP contribution is 2.44. The quantitative estimate of drug-likeness (QED) is 0.648. The summed E-state index contributed by atoms with van der Waals surface area (Å²) < 4.78 is 0. The Morgan fingerprint density at radius 1 is 1.17 bits per heavy atom. The van der Waals surface area contributed by atoms with Crippen LogP contribution in [-0.2, 0) is 22.7 Å². The molecule has 5 rings (SSSR count). The van der Waals surface area contributed by atoms with Gasteiger partial charge < -0.3 is 15.5 Å². The molecular formula is C22H28N4O3. The van der Waals surface area contributed by atoms with Crippen LogP contribution >= 0.6 is 0 Å². The number of fused-ring (bicyclic) bond motifs is 2. The van der Waals surface area contributed by atoms with E-state index in [2.05, 4.69) is 16.0 Å². The standard InChI is InChI=1S/C22H28N4O3/c27-18-7-6-16(20(28)25-18)26-12-15-4-1-3-14(19(15)21(26)29)11-23-13-22-8-2-5-17(22)24-10-9-22/h1,3-4,16-17,23-24H,2,5-13H2,(H,25,27,28)/t16?,17-,22-/m1/s1. The van der Waals surface area contributed by atoms with Gasteiger partial charge in [-0.05, 0) is 48.8 Å². The summed E-state index contributed by atoms with van der Waals surface area (Å²) >= 11 is 0. The molecule has 7 heteroatoms. The summed E-state index contributed by atoms with van der Waals surface area (Å²) in [5.41, 5.74) is 3.06. The summed E-state index contributed by atoms with van der Waals surface area (Å²) in [6, 6.07) is 6.03. The fourth-order valence-corrected chi connectivity index (χ4v) is 5.84. The molecule has 29 heavy (non-hydrogen) atoms. The summed E-state index contributed by atoms with van der Waals surface area (Å²) in [5, 5.41) is 9.64. The average molecular weight is 396 g/mol. The van der Waals surface area contributed by atoms with E-state index >= 15 is 0 Å². The SMILES string of the molecule is O=C1CCC(N2Cc3cccc(CNC[C@]45CCC[C@H]4NCC5)c3C2=O)C(=O)N1. The zero-order valence-electron chi connectivity index (χ0n) is 16.6. The van der Waals surface area contributed by atoms with E-state index in [-0.39, 0.29) is 24.1 Å².